The predicted octanol–water partition coefficient (Wildman–Crippen LogP) is 1.02. The van der Waals surface area contributed by atoms with Gasteiger partial charge in [0.25, 0.3) is 0 Å². The molecule has 0 bridgehead atoms. The highest BCUT2D eigenvalue weighted by Gasteiger charge is 2.06. The zero-order chi connectivity index (χ0) is 8.43. The molecule has 0 saturated carbocycles. The second kappa shape index (κ2) is 2.59. The summed E-state index contributed by atoms with van der Waals surface area (Å²) in [6.07, 6.45) is 0.744. The van der Waals surface area contributed by atoms with E-state index >= 15 is 0 Å². The smallest absolute Gasteiger partial charge is 0.166 e. The van der Waals surface area contributed by atoms with Crippen LogP contribution in [0.3, 0.4) is 0 Å². The molecule has 0 saturated heterocycles. The summed E-state index contributed by atoms with van der Waals surface area (Å²) in [5, 5.41) is 8.57. The van der Waals surface area contributed by atoms with Crippen LogP contribution in [0.15, 0.2) is 6.07 Å². The van der Waals surface area contributed by atoms with E-state index in [2.05, 4.69) is 0 Å². The van der Waals surface area contributed by atoms with E-state index in [1.807, 2.05) is 13.0 Å². The van der Waals surface area contributed by atoms with Gasteiger partial charge >= 0.3 is 0 Å². The molecule has 0 fully saturated rings. The predicted molar refractivity (Wildman–Crippen MR) is 40.3 cm³/mol. The molecule has 56 valence electrons. The normalized spacial score (nSPS) is 9.18. The highest BCUT2D eigenvalue weighted by Crippen LogP contribution is 2.10. The van der Waals surface area contributed by atoms with E-state index in [0.29, 0.717) is 11.3 Å². The van der Waals surface area contributed by atoms with Crippen molar-refractivity contribution in [1.29, 1.82) is 5.26 Å². The van der Waals surface area contributed by atoms with Gasteiger partial charge < -0.3 is 4.57 Å². The molecule has 1 aromatic rings. The molecule has 3 heteroatoms. The fourth-order valence-corrected chi connectivity index (χ4v) is 0.950. The number of nitrogens with zero attached hydrogens (tertiary/aromatic N) is 2. The van der Waals surface area contributed by atoms with E-state index < -0.39 is 0 Å². The summed E-state index contributed by atoms with van der Waals surface area (Å²) in [5.74, 6) is 0. The van der Waals surface area contributed by atoms with E-state index in [1.54, 1.807) is 17.7 Å². The van der Waals surface area contributed by atoms with E-state index in [0.717, 1.165) is 12.0 Å². The van der Waals surface area contributed by atoms with Crippen LogP contribution in [0.25, 0.3) is 0 Å². The fraction of sp³-hybridized carbons (Fsp3) is 0.250. The lowest BCUT2D eigenvalue weighted by molar-refractivity contribution is 0.111. The van der Waals surface area contributed by atoms with Gasteiger partial charge in [0.05, 0.1) is 11.3 Å². The first kappa shape index (κ1) is 7.55. The van der Waals surface area contributed by atoms with Gasteiger partial charge in [0.2, 0.25) is 0 Å². The summed E-state index contributed by atoms with van der Waals surface area (Å²) in [6.45, 7) is 1.81. The molecule has 0 spiro atoms. The molecule has 0 radical (unpaired) electrons. The average Bonchev–Trinajstić information content (AvgIpc) is 2.30. The van der Waals surface area contributed by atoms with E-state index in [-0.39, 0.29) is 0 Å². The Morgan fingerprint density at radius 2 is 2.36 bits per heavy atom. The van der Waals surface area contributed by atoms with Crippen LogP contribution < -0.4 is 0 Å². The second-order valence-corrected chi connectivity index (χ2v) is 2.36. The summed E-state index contributed by atoms with van der Waals surface area (Å²) in [6, 6.07) is 3.60. The number of aromatic nitrogens is 1. The first-order chi connectivity index (χ1) is 5.20. The molecule has 1 aromatic heterocycles. The molecule has 1 heterocycles. The lowest BCUT2D eigenvalue weighted by Crippen LogP contribution is -1.95. The molecule has 0 aliphatic rings. The molecule has 0 amide bonds. The van der Waals surface area contributed by atoms with Gasteiger partial charge in [0, 0.05) is 12.7 Å². The third-order valence-electron chi connectivity index (χ3n) is 1.81. The van der Waals surface area contributed by atoms with Crippen LogP contribution in [0.5, 0.6) is 0 Å². The summed E-state index contributed by atoms with van der Waals surface area (Å²) >= 11 is 0. The number of nitriles is 1. The van der Waals surface area contributed by atoms with Gasteiger partial charge in [0.1, 0.15) is 6.07 Å². The first-order valence-electron chi connectivity index (χ1n) is 3.22. The van der Waals surface area contributed by atoms with Crippen molar-refractivity contribution < 1.29 is 4.79 Å². The van der Waals surface area contributed by atoms with Crippen LogP contribution in [0, 0.1) is 18.3 Å². The standard InChI is InChI=1S/C8H8N2O/c1-6-7(4-9)3-8(5-11)10(6)2/h3,5H,1-2H3. The molecule has 1 rings (SSSR count). The lowest BCUT2D eigenvalue weighted by Gasteiger charge is -1.96. The van der Waals surface area contributed by atoms with Crippen molar-refractivity contribution >= 4 is 6.29 Å². The van der Waals surface area contributed by atoms with Crippen molar-refractivity contribution in [3.63, 3.8) is 0 Å². The maximum atomic E-state index is 10.4. The maximum absolute atomic E-state index is 10.4. The number of hydrogen-bond acceptors (Lipinski definition) is 2. The van der Waals surface area contributed by atoms with Crippen LogP contribution in [-0.2, 0) is 7.05 Å². The van der Waals surface area contributed by atoms with Crippen molar-refractivity contribution in [3.8, 4) is 6.07 Å². The number of carbonyl (C=O) groups is 1. The van der Waals surface area contributed by atoms with E-state index in [1.165, 1.54) is 0 Å². The Morgan fingerprint density at radius 1 is 1.73 bits per heavy atom. The van der Waals surface area contributed by atoms with Crippen molar-refractivity contribution in [2.24, 2.45) is 7.05 Å². The van der Waals surface area contributed by atoms with Crippen LogP contribution in [0.4, 0.5) is 0 Å². The highest BCUT2D eigenvalue weighted by molar-refractivity contribution is 5.74. The molecule has 0 N–H and O–H groups in total. The second-order valence-electron chi connectivity index (χ2n) is 2.36. The van der Waals surface area contributed by atoms with Crippen LogP contribution >= 0.6 is 0 Å². The van der Waals surface area contributed by atoms with E-state index in [9.17, 15) is 4.79 Å². The molecule has 0 unspecified atom stereocenters. The Hall–Kier alpha value is -1.56. The quantitative estimate of drug-likeness (QED) is 0.558. The molecule has 3 nitrogen and oxygen atoms in total. The van der Waals surface area contributed by atoms with E-state index in [4.69, 9.17) is 5.26 Å². The first-order valence-corrected chi connectivity index (χ1v) is 3.22. The fourth-order valence-electron chi connectivity index (χ4n) is 0.950. The van der Waals surface area contributed by atoms with Gasteiger partial charge in [-0.05, 0) is 13.0 Å². The molecule has 0 aliphatic carbocycles. The number of carbonyl (C=O) groups excluding carboxylic acids is 1. The van der Waals surface area contributed by atoms with Crippen LogP contribution in [0.1, 0.15) is 21.7 Å². The molecule has 0 aliphatic heterocycles. The maximum Gasteiger partial charge on any atom is 0.166 e. The van der Waals surface area contributed by atoms with Gasteiger partial charge in [-0.2, -0.15) is 5.26 Å². The highest BCUT2D eigenvalue weighted by atomic mass is 16.1. The zero-order valence-electron chi connectivity index (χ0n) is 6.46. The van der Waals surface area contributed by atoms with Gasteiger partial charge in [-0.25, -0.2) is 0 Å². The molecular weight excluding hydrogens is 140 g/mol. The molecule has 11 heavy (non-hydrogen) atoms. The minimum atomic E-state index is 0.541. The SMILES string of the molecule is Cc1c(C#N)cc(C=O)n1C. The van der Waals surface area contributed by atoms with Gasteiger partial charge in [-0.1, -0.05) is 0 Å². The van der Waals surface area contributed by atoms with Crippen molar-refractivity contribution in [2.75, 3.05) is 0 Å². The third kappa shape index (κ3) is 1.03. The Morgan fingerprint density at radius 3 is 2.64 bits per heavy atom. The van der Waals surface area contributed by atoms with Crippen molar-refractivity contribution in [1.82, 2.24) is 4.57 Å². The Balaban J connectivity index is 3.37. The summed E-state index contributed by atoms with van der Waals surface area (Å²) in [7, 11) is 1.76. The minimum absolute atomic E-state index is 0.541. The zero-order valence-corrected chi connectivity index (χ0v) is 6.46. The Kier molecular flexibility index (Phi) is 1.77. The van der Waals surface area contributed by atoms with Crippen molar-refractivity contribution in [2.45, 2.75) is 6.92 Å². The van der Waals surface area contributed by atoms with Crippen molar-refractivity contribution in [3.05, 3.63) is 23.0 Å². The van der Waals surface area contributed by atoms with Gasteiger partial charge in [-0.15, -0.1) is 0 Å². The van der Waals surface area contributed by atoms with Gasteiger partial charge in [-0.3, -0.25) is 4.79 Å². The van der Waals surface area contributed by atoms with Crippen LogP contribution in [-0.4, -0.2) is 10.9 Å². The van der Waals surface area contributed by atoms with Crippen LogP contribution in [0.2, 0.25) is 0 Å². The summed E-state index contributed by atoms with van der Waals surface area (Å²) in [5.41, 5.74) is 1.93. The summed E-state index contributed by atoms with van der Waals surface area (Å²) < 4.78 is 1.70. The molecule has 0 atom stereocenters. The summed E-state index contributed by atoms with van der Waals surface area (Å²) in [4.78, 5) is 10.4. The monoisotopic (exact) mass is 148 g/mol. The number of aldehydes is 1. The number of rotatable bonds is 1. The lowest BCUT2D eigenvalue weighted by atomic mass is 10.3. The Bertz CT molecular complexity index is 331. The molecule has 0 aromatic carbocycles. The topological polar surface area (TPSA) is 45.8 Å². The third-order valence-corrected chi connectivity index (χ3v) is 1.81. The average molecular weight is 148 g/mol. The minimum Gasteiger partial charge on any atom is -0.344 e. The number of hydrogen-bond donors (Lipinski definition) is 0. The Labute approximate surface area is 64.9 Å². The largest absolute Gasteiger partial charge is 0.344 e. The van der Waals surface area contributed by atoms with Gasteiger partial charge in [0.15, 0.2) is 6.29 Å². The molecular formula is C8H8N2O.